The van der Waals surface area contributed by atoms with Crippen molar-refractivity contribution in [3.63, 3.8) is 0 Å². The third-order valence-electron chi connectivity index (χ3n) is 3.73. The molecule has 0 aromatic heterocycles. The maximum atomic E-state index is 11.8. The molecule has 80 valence electrons. The van der Waals surface area contributed by atoms with Crippen molar-refractivity contribution in [3.8, 4) is 0 Å². The van der Waals surface area contributed by atoms with Gasteiger partial charge in [-0.3, -0.25) is 4.79 Å². The summed E-state index contributed by atoms with van der Waals surface area (Å²) in [6, 6.07) is 0.416. The summed E-state index contributed by atoms with van der Waals surface area (Å²) in [5, 5.41) is 3.08. The van der Waals surface area contributed by atoms with Crippen molar-refractivity contribution < 1.29 is 4.79 Å². The molecule has 14 heavy (non-hydrogen) atoms. The highest BCUT2D eigenvalue weighted by Crippen LogP contribution is 2.51. The Labute approximate surface area is 85.4 Å². The molecule has 2 aliphatic rings. The predicted molar refractivity (Wildman–Crippen MR) is 55.6 cm³/mol. The van der Waals surface area contributed by atoms with Crippen LogP contribution in [0.15, 0.2) is 0 Å². The number of nitrogens with two attached hydrogens (primary N) is 1. The number of carbonyl (C=O) groups excluding carboxylic acids is 1. The molecule has 2 aliphatic carbocycles. The summed E-state index contributed by atoms with van der Waals surface area (Å²) in [6.45, 7) is 4.29. The van der Waals surface area contributed by atoms with Crippen LogP contribution in [0.3, 0.4) is 0 Å². The van der Waals surface area contributed by atoms with Gasteiger partial charge in [-0.1, -0.05) is 13.8 Å². The van der Waals surface area contributed by atoms with Crippen molar-refractivity contribution in [1.82, 2.24) is 5.32 Å². The minimum Gasteiger partial charge on any atom is -0.352 e. The molecular formula is C11H20N2O. The lowest BCUT2D eigenvalue weighted by molar-refractivity contribution is -0.123. The van der Waals surface area contributed by atoms with Gasteiger partial charge in [0.15, 0.2) is 0 Å². The monoisotopic (exact) mass is 196 g/mol. The van der Waals surface area contributed by atoms with Gasteiger partial charge < -0.3 is 11.1 Å². The van der Waals surface area contributed by atoms with Crippen LogP contribution in [-0.2, 0) is 4.79 Å². The van der Waals surface area contributed by atoms with Gasteiger partial charge in [0.05, 0.1) is 0 Å². The molecule has 0 bridgehead atoms. The van der Waals surface area contributed by atoms with E-state index < -0.39 is 0 Å². The third-order valence-corrected chi connectivity index (χ3v) is 3.73. The highest BCUT2D eigenvalue weighted by atomic mass is 16.2. The lowest BCUT2D eigenvalue weighted by Crippen LogP contribution is -2.44. The zero-order valence-corrected chi connectivity index (χ0v) is 9.05. The first-order chi connectivity index (χ1) is 6.50. The van der Waals surface area contributed by atoms with Crippen LogP contribution in [0.4, 0.5) is 0 Å². The predicted octanol–water partition coefficient (Wildman–Crippen LogP) is 1.03. The van der Waals surface area contributed by atoms with Crippen molar-refractivity contribution in [2.24, 2.45) is 17.1 Å². The van der Waals surface area contributed by atoms with Crippen LogP contribution in [0, 0.1) is 11.3 Å². The standard InChI is InChI=1S/C11H20N2O/c1-11(2)6-7(11)10(14)13-9-5-3-4-8(9)12/h7-9H,3-6,12H2,1-2H3,(H,13,14). The second kappa shape index (κ2) is 3.23. The molecule has 3 atom stereocenters. The third kappa shape index (κ3) is 1.78. The average molecular weight is 196 g/mol. The smallest absolute Gasteiger partial charge is 0.223 e. The normalized spacial score (nSPS) is 39.5. The molecule has 3 N–H and O–H groups in total. The fourth-order valence-electron chi connectivity index (χ4n) is 2.37. The number of amides is 1. The van der Waals surface area contributed by atoms with Crippen molar-refractivity contribution in [2.45, 2.75) is 51.6 Å². The number of rotatable bonds is 2. The zero-order valence-electron chi connectivity index (χ0n) is 9.05. The minimum atomic E-state index is 0.181. The Morgan fingerprint density at radius 1 is 1.43 bits per heavy atom. The lowest BCUT2D eigenvalue weighted by atomic mass is 10.1. The Morgan fingerprint density at radius 2 is 2.07 bits per heavy atom. The first kappa shape index (κ1) is 9.97. The van der Waals surface area contributed by atoms with E-state index in [9.17, 15) is 4.79 Å². The molecule has 3 heteroatoms. The van der Waals surface area contributed by atoms with E-state index in [4.69, 9.17) is 5.73 Å². The average Bonchev–Trinajstić information content (AvgIpc) is 2.54. The summed E-state index contributed by atoms with van der Waals surface area (Å²) in [5.41, 5.74) is 6.13. The quantitative estimate of drug-likeness (QED) is 0.693. The number of hydrogen-bond acceptors (Lipinski definition) is 2. The zero-order chi connectivity index (χ0) is 10.3. The molecule has 0 radical (unpaired) electrons. The van der Waals surface area contributed by atoms with Crippen LogP contribution in [-0.4, -0.2) is 18.0 Å². The molecule has 3 unspecified atom stereocenters. The van der Waals surface area contributed by atoms with Gasteiger partial charge in [0.2, 0.25) is 5.91 Å². The second-order valence-electron chi connectivity index (χ2n) is 5.46. The van der Waals surface area contributed by atoms with Gasteiger partial charge in [-0.05, 0) is 31.1 Å². The van der Waals surface area contributed by atoms with Gasteiger partial charge in [0.1, 0.15) is 0 Å². The van der Waals surface area contributed by atoms with Crippen LogP contribution < -0.4 is 11.1 Å². The Bertz CT molecular complexity index is 250. The van der Waals surface area contributed by atoms with Crippen molar-refractivity contribution in [1.29, 1.82) is 0 Å². The van der Waals surface area contributed by atoms with E-state index in [2.05, 4.69) is 19.2 Å². The van der Waals surface area contributed by atoms with Crippen molar-refractivity contribution in [2.75, 3.05) is 0 Å². The molecule has 2 rings (SSSR count). The first-order valence-electron chi connectivity index (χ1n) is 5.57. The van der Waals surface area contributed by atoms with Gasteiger partial charge in [-0.2, -0.15) is 0 Å². The molecule has 0 aromatic rings. The molecule has 1 amide bonds. The maximum Gasteiger partial charge on any atom is 0.223 e. The molecule has 0 heterocycles. The summed E-state index contributed by atoms with van der Waals surface area (Å²) in [6.07, 6.45) is 4.29. The number of hydrogen-bond donors (Lipinski definition) is 2. The van der Waals surface area contributed by atoms with E-state index in [1.54, 1.807) is 0 Å². The van der Waals surface area contributed by atoms with Crippen molar-refractivity contribution >= 4 is 5.91 Å². The van der Waals surface area contributed by atoms with Gasteiger partial charge in [0, 0.05) is 18.0 Å². The van der Waals surface area contributed by atoms with Gasteiger partial charge in [-0.25, -0.2) is 0 Å². The lowest BCUT2D eigenvalue weighted by Gasteiger charge is -2.17. The van der Waals surface area contributed by atoms with E-state index in [1.807, 2.05) is 0 Å². The molecule has 0 spiro atoms. The van der Waals surface area contributed by atoms with E-state index >= 15 is 0 Å². The van der Waals surface area contributed by atoms with E-state index in [0.717, 1.165) is 25.7 Å². The molecule has 2 saturated carbocycles. The Morgan fingerprint density at radius 3 is 2.50 bits per heavy atom. The molecule has 0 saturated heterocycles. The Hall–Kier alpha value is -0.570. The van der Waals surface area contributed by atoms with E-state index in [1.165, 1.54) is 0 Å². The summed E-state index contributed by atoms with van der Waals surface area (Å²) in [4.78, 5) is 11.8. The highest BCUT2D eigenvalue weighted by Gasteiger charge is 2.51. The fourth-order valence-corrected chi connectivity index (χ4v) is 2.37. The largest absolute Gasteiger partial charge is 0.352 e. The number of nitrogens with one attached hydrogen (secondary N) is 1. The van der Waals surface area contributed by atoms with Crippen LogP contribution in [0.25, 0.3) is 0 Å². The van der Waals surface area contributed by atoms with Gasteiger partial charge in [-0.15, -0.1) is 0 Å². The van der Waals surface area contributed by atoms with E-state index in [0.29, 0.717) is 0 Å². The SMILES string of the molecule is CC1(C)CC1C(=O)NC1CCCC1N. The van der Waals surface area contributed by atoms with Crippen LogP contribution >= 0.6 is 0 Å². The second-order valence-corrected chi connectivity index (χ2v) is 5.46. The summed E-state index contributed by atoms with van der Waals surface area (Å²) < 4.78 is 0. The summed E-state index contributed by atoms with van der Waals surface area (Å²) in [5.74, 6) is 0.452. The fraction of sp³-hybridized carbons (Fsp3) is 0.909. The van der Waals surface area contributed by atoms with Crippen LogP contribution in [0.1, 0.15) is 39.5 Å². The molecule has 0 aromatic carbocycles. The van der Waals surface area contributed by atoms with Crippen LogP contribution in [0.5, 0.6) is 0 Å². The Balaban J connectivity index is 1.83. The molecule has 3 nitrogen and oxygen atoms in total. The van der Waals surface area contributed by atoms with Crippen LogP contribution in [0.2, 0.25) is 0 Å². The molecule has 0 aliphatic heterocycles. The summed E-state index contributed by atoms with van der Waals surface area (Å²) >= 11 is 0. The number of carbonyl (C=O) groups is 1. The first-order valence-corrected chi connectivity index (χ1v) is 5.57. The van der Waals surface area contributed by atoms with E-state index in [-0.39, 0.29) is 29.3 Å². The Kier molecular flexibility index (Phi) is 2.30. The van der Waals surface area contributed by atoms with Gasteiger partial charge >= 0.3 is 0 Å². The molecular weight excluding hydrogens is 176 g/mol. The minimum absolute atomic E-state index is 0.181. The van der Waals surface area contributed by atoms with Crippen molar-refractivity contribution in [3.05, 3.63) is 0 Å². The topological polar surface area (TPSA) is 55.1 Å². The molecule has 2 fully saturated rings. The van der Waals surface area contributed by atoms with Gasteiger partial charge in [0.25, 0.3) is 0 Å². The maximum absolute atomic E-state index is 11.8. The highest BCUT2D eigenvalue weighted by molar-refractivity contribution is 5.82. The summed E-state index contributed by atoms with van der Waals surface area (Å²) in [7, 11) is 0.